The molecule has 0 unspecified atom stereocenters. The van der Waals surface area contributed by atoms with Crippen LogP contribution in [0.15, 0.2) is 0 Å². The number of rotatable bonds is 9. The smallest absolute Gasteiger partial charge is 0.138 e. The van der Waals surface area contributed by atoms with Gasteiger partial charge in [0.1, 0.15) is 5.60 Å². The van der Waals surface area contributed by atoms with Gasteiger partial charge in [-0.2, -0.15) is 0 Å². The van der Waals surface area contributed by atoms with Crippen LogP contribution in [0, 0.1) is 0 Å². The molecule has 0 fully saturated rings. The van der Waals surface area contributed by atoms with Crippen molar-refractivity contribution in [3.05, 3.63) is 0 Å². The molecule has 0 aromatic rings. The minimum atomic E-state index is -0.761. The average Bonchev–Trinajstić information content (AvgIpc) is 2.21. The molecule has 0 saturated heterocycles. The van der Waals surface area contributed by atoms with E-state index in [-0.39, 0.29) is 24.9 Å². The Morgan fingerprint density at radius 2 is 1.24 bits per heavy atom. The Bertz CT molecular complexity index is 178. The number of aliphatic hydroxyl groups is 1. The van der Waals surface area contributed by atoms with Crippen molar-refractivity contribution in [3.8, 4) is 0 Å². The summed E-state index contributed by atoms with van der Waals surface area (Å²) in [5.41, 5.74) is -0.761. The van der Waals surface area contributed by atoms with E-state index in [1.165, 1.54) is 0 Å². The predicted octanol–water partition coefficient (Wildman–Crippen LogP) is 1.99. The molecular formula is C13H28O4. The van der Waals surface area contributed by atoms with E-state index in [1.807, 2.05) is 41.5 Å². The molecule has 1 N–H and O–H groups in total. The minimum Gasteiger partial charge on any atom is -0.393 e. The van der Waals surface area contributed by atoms with Gasteiger partial charge in [0.2, 0.25) is 0 Å². The molecule has 0 amide bonds. The van der Waals surface area contributed by atoms with Crippen LogP contribution < -0.4 is 0 Å². The monoisotopic (exact) mass is 248 g/mol. The summed E-state index contributed by atoms with van der Waals surface area (Å²) in [6, 6.07) is 0. The highest BCUT2D eigenvalue weighted by atomic mass is 16.6. The van der Waals surface area contributed by atoms with E-state index < -0.39 is 5.60 Å². The summed E-state index contributed by atoms with van der Waals surface area (Å²) in [4.78, 5) is 0. The highest BCUT2D eigenvalue weighted by Gasteiger charge is 2.33. The van der Waals surface area contributed by atoms with Crippen LogP contribution in [-0.2, 0) is 14.2 Å². The van der Waals surface area contributed by atoms with Crippen molar-refractivity contribution in [2.75, 3.05) is 19.8 Å². The Labute approximate surface area is 105 Å². The summed E-state index contributed by atoms with van der Waals surface area (Å²) in [5.74, 6) is 0. The first kappa shape index (κ1) is 16.8. The summed E-state index contributed by atoms with van der Waals surface area (Å²) < 4.78 is 16.9. The SMILES string of the molecule is CC(C)OCC(CO)(COC(C)C)OC(C)C. The first-order valence-corrected chi connectivity index (χ1v) is 6.33. The van der Waals surface area contributed by atoms with Crippen LogP contribution in [0.3, 0.4) is 0 Å². The van der Waals surface area contributed by atoms with Crippen molar-refractivity contribution < 1.29 is 19.3 Å². The Kier molecular flexibility index (Phi) is 7.96. The van der Waals surface area contributed by atoms with Gasteiger partial charge in [0.05, 0.1) is 38.1 Å². The van der Waals surface area contributed by atoms with Gasteiger partial charge < -0.3 is 19.3 Å². The second kappa shape index (κ2) is 8.03. The van der Waals surface area contributed by atoms with Crippen LogP contribution in [0.1, 0.15) is 41.5 Å². The van der Waals surface area contributed by atoms with E-state index in [9.17, 15) is 5.11 Å². The van der Waals surface area contributed by atoms with Gasteiger partial charge in [-0.3, -0.25) is 0 Å². The number of ether oxygens (including phenoxy) is 3. The van der Waals surface area contributed by atoms with Crippen LogP contribution in [-0.4, -0.2) is 48.8 Å². The second-order valence-electron chi connectivity index (χ2n) is 5.23. The fourth-order valence-corrected chi connectivity index (χ4v) is 1.38. The zero-order chi connectivity index (χ0) is 13.5. The van der Waals surface area contributed by atoms with E-state index in [4.69, 9.17) is 14.2 Å². The molecule has 0 heterocycles. The third-order valence-corrected chi connectivity index (χ3v) is 2.13. The molecule has 0 radical (unpaired) electrons. The van der Waals surface area contributed by atoms with Crippen molar-refractivity contribution in [3.63, 3.8) is 0 Å². The van der Waals surface area contributed by atoms with E-state index in [0.29, 0.717) is 13.2 Å². The van der Waals surface area contributed by atoms with Crippen molar-refractivity contribution in [1.29, 1.82) is 0 Å². The molecule has 0 rings (SSSR count). The van der Waals surface area contributed by atoms with Gasteiger partial charge in [-0.15, -0.1) is 0 Å². The Morgan fingerprint density at radius 3 is 1.47 bits per heavy atom. The molecule has 0 saturated carbocycles. The van der Waals surface area contributed by atoms with E-state index in [2.05, 4.69) is 0 Å². The molecule has 4 heteroatoms. The minimum absolute atomic E-state index is 0.0219. The molecule has 0 aliphatic rings. The summed E-state index contributed by atoms with van der Waals surface area (Å²) >= 11 is 0. The maximum absolute atomic E-state index is 9.57. The molecule has 0 atom stereocenters. The fourth-order valence-electron chi connectivity index (χ4n) is 1.38. The van der Waals surface area contributed by atoms with Gasteiger partial charge in [-0.05, 0) is 41.5 Å². The molecule has 0 spiro atoms. The summed E-state index contributed by atoms with van der Waals surface area (Å²) in [7, 11) is 0. The second-order valence-corrected chi connectivity index (χ2v) is 5.23. The van der Waals surface area contributed by atoms with Crippen LogP contribution in [0.5, 0.6) is 0 Å². The van der Waals surface area contributed by atoms with Crippen LogP contribution in [0.4, 0.5) is 0 Å². The predicted molar refractivity (Wildman–Crippen MR) is 68.2 cm³/mol. The van der Waals surface area contributed by atoms with Gasteiger partial charge in [-0.1, -0.05) is 0 Å². The lowest BCUT2D eigenvalue weighted by Gasteiger charge is -2.34. The first-order valence-electron chi connectivity index (χ1n) is 6.33. The maximum Gasteiger partial charge on any atom is 0.138 e. The molecule has 104 valence electrons. The summed E-state index contributed by atoms with van der Waals surface area (Å²) in [6.45, 7) is 12.3. The number of hydrogen-bond donors (Lipinski definition) is 1. The highest BCUT2D eigenvalue weighted by molar-refractivity contribution is 4.81. The molecule has 0 bridgehead atoms. The number of aliphatic hydroxyl groups excluding tert-OH is 1. The van der Waals surface area contributed by atoms with Crippen LogP contribution in [0.25, 0.3) is 0 Å². The molecule has 0 aromatic heterocycles. The van der Waals surface area contributed by atoms with Gasteiger partial charge in [0.15, 0.2) is 0 Å². The lowest BCUT2D eigenvalue weighted by Crippen LogP contribution is -2.49. The van der Waals surface area contributed by atoms with Gasteiger partial charge in [0, 0.05) is 0 Å². The summed E-state index contributed by atoms with van der Waals surface area (Å²) in [5, 5.41) is 9.57. The highest BCUT2D eigenvalue weighted by Crippen LogP contribution is 2.17. The molecule has 4 nitrogen and oxygen atoms in total. The topological polar surface area (TPSA) is 47.9 Å². The van der Waals surface area contributed by atoms with Crippen molar-refractivity contribution in [2.24, 2.45) is 0 Å². The molecule has 0 aliphatic carbocycles. The molecule has 0 aromatic carbocycles. The van der Waals surface area contributed by atoms with Crippen molar-refractivity contribution in [2.45, 2.75) is 65.5 Å². The quantitative estimate of drug-likeness (QED) is 0.678. The first-order chi connectivity index (χ1) is 7.81. The van der Waals surface area contributed by atoms with Gasteiger partial charge >= 0.3 is 0 Å². The third kappa shape index (κ3) is 7.71. The third-order valence-electron chi connectivity index (χ3n) is 2.13. The van der Waals surface area contributed by atoms with E-state index >= 15 is 0 Å². The normalized spacial score (nSPS) is 13.1. The van der Waals surface area contributed by atoms with Crippen molar-refractivity contribution in [1.82, 2.24) is 0 Å². The van der Waals surface area contributed by atoms with Crippen LogP contribution in [0.2, 0.25) is 0 Å². The van der Waals surface area contributed by atoms with Gasteiger partial charge in [-0.25, -0.2) is 0 Å². The lowest BCUT2D eigenvalue weighted by atomic mass is 10.1. The Morgan fingerprint density at radius 1 is 0.824 bits per heavy atom. The number of hydrogen-bond acceptors (Lipinski definition) is 4. The zero-order valence-electron chi connectivity index (χ0n) is 12.0. The van der Waals surface area contributed by atoms with Crippen molar-refractivity contribution >= 4 is 0 Å². The lowest BCUT2D eigenvalue weighted by molar-refractivity contribution is -0.185. The Balaban J connectivity index is 4.50. The Hall–Kier alpha value is -0.160. The molecular weight excluding hydrogens is 220 g/mol. The fraction of sp³-hybridized carbons (Fsp3) is 1.00. The largest absolute Gasteiger partial charge is 0.393 e. The summed E-state index contributed by atoms with van der Waals surface area (Å²) in [6.07, 6.45) is 0.236. The molecule has 17 heavy (non-hydrogen) atoms. The maximum atomic E-state index is 9.57. The standard InChI is InChI=1S/C13H28O4/c1-10(2)15-8-13(7-14,17-12(5)6)9-16-11(3)4/h10-12,14H,7-9H2,1-6H3. The van der Waals surface area contributed by atoms with E-state index in [0.717, 1.165) is 0 Å². The van der Waals surface area contributed by atoms with E-state index in [1.54, 1.807) is 0 Å². The van der Waals surface area contributed by atoms with Crippen LogP contribution >= 0.6 is 0 Å². The van der Waals surface area contributed by atoms with Gasteiger partial charge in [0.25, 0.3) is 0 Å². The zero-order valence-corrected chi connectivity index (χ0v) is 12.0. The average molecular weight is 248 g/mol. The molecule has 0 aliphatic heterocycles.